The highest BCUT2D eigenvalue weighted by molar-refractivity contribution is 7.89. The number of hydrogen-bond acceptors (Lipinski definition) is 3. The number of aliphatic hydroxyl groups excluding tert-OH is 1. The second-order valence-electron chi connectivity index (χ2n) is 4.91. The normalized spacial score (nSPS) is 13.3. The Labute approximate surface area is 129 Å². The van der Waals surface area contributed by atoms with Crippen molar-refractivity contribution in [3.05, 3.63) is 66.0 Å². The number of sulfonamides is 1. The van der Waals surface area contributed by atoms with Crippen molar-refractivity contribution in [2.45, 2.75) is 17.4 Å². The molecule has 0 radical (unpaired) electrons. The van der Waals surface area contributed by atoms with Crippen molar-refractivity contribution in [2.75, 3.05) is 13.7 Å². The fourth-order valence-corrected chi connectivity index (χ4v) is 3.67. The Morgan fingerprint density at radius 3 is 2.23 bits per heavy atom. The number of halogens is 1. The van der Waals surface area contributed by atoms with Gasteiger partial charge in [0.1, 0.15) is 5.82 Å². The van der Waals surface area contributed by atoms with E-state index in [9.17, 15) is 17.9 Å². The van der Waals surface area contributed by atoms with E-state index >= 15 is 0 Å². The lowest BCUT2D eigenvalue weighted by molar-refractivity contribution is 0.240. The molecule has 0 aliphatic heterocycles. The van der Waals surface area contributed by atoms with Gasteiger partial charge in [0.15, 0.2) is 0 Å². The Morgan fingerprint density at radius 1 is 1.09 bits per heavy atom. The fourth-order valence-electron chi connectivity index (χ4n) is 2.30. The lowest BCUT2D eigenvalue weighted by Crippen LogP contribution is -2.32. The van der Waals surface area contributed by atoms with Gasteiger partial charge in [-0.25, -0.2) is 12.8 Å². The average Bonchev–Trinajstić information content (AvgIpc) is 2.53. The summed E-state index contributed by atoms with van der Waals surface area (Å²) in [6.07, 6.45) is 0.279. The molecule has 1 unspecified atom stereocenters. The maximum Gasteiger partial charge on any atom is 0.243 e. The van der Waals surface area contributed by atoms with Crippen LogP contribution in [0.15, 0.2) is 59.5 Å². The van der Waals surface area contributed by atoms with Gasteiger partial charge in [0.25, 0.3) is 0 Å². The zero-order valence-electron chi connectivity index (χ0n) is 12.2. The Hall–Kier alpha value is -1.76. The van der Waals surface area contributed by atoms with Gasteiger partial charge in [-0.3, -0.25) is 0 Å². The van der Waals surface area contributed by atoms with E-state index < -0.39 is 21.9 Å². The summed E-state index contributed by atoms with van der Waals surface area (Å²) in [5.74, 6) is -0.489. The molecule has 1 atom stereocenters. The SMILES string of the molecule is CN(C(CCO)c1ccccc1)S(=O)(=O)c1ccc(F)cc1. The van der Waals surface area contributed by atoms with E-state index in [-0.39, 0.29) is 17.9 Å². The standard InChI is InChI=1S/C16H18FNO3S/c1-18(16(11-12-19)13-5-3-2-4-6-13)22(20,21)15-9-7-14(17)8-10-15/h2-10,16,19H,11-12H2,1H3. The quantitative estimate of drug-likeness (QED) is 0.889. The van der Waals surface area contributed by atoms with Crippen LogP contribution in [0.1, 0.15) is 18.0 Å². The van der Waals surface area contributed by atoms with Gasteiger partial charge in [-0.15, -0.1) is 0 Å². The van der Waals surface area contributed by atoms with Crippen LogP contribution in [-0.4, -0.2) is 31.5 Å². The maximum absolute atomic E-state index is 13.0. The summed E-state index contributed by atoms with van der Waals surface area (Å²) in [6, 6.07) is 13.3. The van der Waals surface area contributed by atoms with Gasteiger partial charge >= 0.3 is 0 Å². The molecule has 2 aromatic carbocycles. The summed E-state index contributed by atoms with van der Waals surface area (Å²) in [6.45, 7) is -0.136. The zero-order valence-corrected chi connectivity index (χ0v) is 13.0. The molecule has 0 saturated heterocycles. The summed E-state index contributed by atoms with van der Waals surface area (Å²) in [5, 5.41) is 9.25. The molecule has 0 aromatic heterocycles. The smallest absolute Gasteiger partial charge is 0.243 e. The average molecular weight is 323 g/mol. The van der Waals surface area contributed by atoms with E-state index in [1.54, 1.807) is 0 Å². The third-order valence-corrected chi connectivity index (χ3v) is 5.40. The molecule has 0 heterocycles. The highest BCUT2D eigenvalue weighted by atomic mass is 32.2. The zero-order chi connectivity index (χ0) is 16.2. The summed E-state index contributed by atoms with van der Waals surface area (Å²) >= 11 is 0. The number of hydrogen-bond donors (Lipinski definition) is 1. The van der Waals surface area contributed by atoms with Crippen molar-refractivity contribution in [1.29, 1.82) is 0 Å². The lowest BCUT2D eigenvalue weighted by Gasteiger charge is -2.27. The molecule has 0 amide bonds. The van der Waals surface area contributed by atoms with Crippen LogP contribution in [0.3, 0.4) is 0 Å². The van der Waals surface area contributed by atoms with Crippen LogP contribution < -0.4 is 0 Å². The Bertz CT molecular complexity index is 702. The first kappa shape index (κ1) is 16.6. The van der Waals surface area contributed by atoms with Gasteiger partial charge in [-0.05, 0) is 36.2 Å². The summed E-state index contributed by atoms with van der Waals surface area (Å²) in [5.41, 5.74) is 0.796. The minimum Gasteiger partial charge on any atom is -0.396 e. The third-order valence-electron chi connectivity index (χ3n) is 3.52. The lowest BCUT2D eigenvalue weighted by atomic mass is 10.0. The molecule has 0 bridgehead atoms. The van der Waals surface area contributed by atoms with Crippen LogP contribution in [0.2, 0.25) is 0 Å². The van der Waals surface area contributed by atoms with E-state index in [0.29, 0.717) is 0 Å². The van der Waals surface area contributed by atoms with E-state index in [4.69, 9.17) is 0 Å². The number of aliphatic hydroxyl groups is 1. The molecule has 0 fully saturated rings. The first-order valence-electron chi connectivity index (χ1n) is 6.86. The van der Waals surface area contributed by atoms with Gasteiger partial charge < -0.3 is 5.11 Å². The molecule has 1 N–H and O–H groups in total. The predicted octanol–water partition coefficient (Wildman–Crippen LogP) is 2.57. The van der Waals surface area contributed by atoms with E-state index in [1.165, 1.54) is 23.5 Å². The van der Waals surface area contributed by atoms with Gasteiger partial charge in [0.2, 0.25) is 10.0 Å². The predicted molar refractivity (Wildman–Crippen MR) is 82.2 cm³/mol. The first-order chi connectivity index (χ1) is 10.5. The van der Waals surface area contributed by atoms with E-state index in [0.717, 1.165) is 17.7 Å². The molecule has 0 spiro atoms. The van der Waals surface area contributed by atoms with Crippen LogP contribution in [0.5, 0.6) is 0 Å². The van der Waals surface area contributed by atoms with Crippen LogP contribution >= 0.6 is 0 Å². The second-order valence-corrected chi connectivity index (χ2v) is 6.91. The minimum atomic E-state index is -3.77. The van der Waals surface area contributed by atoms with Gasteiger partial charge in [-0.2, -0.15) is 4.31 Å². The number of rotatable bonds is 6. The highest BCUT2D eigenvalue weighted by Gasteiger charge is 2.28. The molecule has 4 nitrogen and oxygen atoms in total. The van der Waals surface area contributed by atoms with Crippen molar-refractivity contribution < 1.29 is 17.9 Å². The second kappa shape index (κ2) is 7.00. The van der Waals surface area contributed by atoms with Gasteiger partial charge in [-0.1, -0.05) is 30.3 Å². The summed E-state index contributed by atoms with van der Waals surface area (Å²) in [4.78, 5) is 0.0234. The number of benzene rings is 2. The maximum atomic E-state index is 13.0. The van der Waals surface area contributed by atoms with Crippen molar-refractivity contribution in [1.82, 2.24) is 4.31 Å². The molecule has 118 valence electrons. The third kappa shape index (κ3) is 3.52. The molecule has 2 rings (SSSR count). The molecule has 2 aromatic rings. The molecule has 0 aliphatic rings. The van der Waals surface area contributed by atoms with Crippen LogP contribution in [0.4, 0.5) is 4.39 Å². The van der Waals surface area contributed by atoms with Crippen LogP contribution in [0, 0.1) is 5.82 Å². The Kier molecular flexibility index (Phi) is 5.28. The summed E-state index contributed by atoms with van der Waals surface area (Å²) < 4.78 is 39.5. The van der Waals surface area contributed by atoms with E-state index in [1.807, 2.05) is 30.3 Å². The molecule has 22 heavy (non-hydrogen) atoms. The Morgan fingerprint density at radius 2 is 1.68 bits per heavy atom. The number of nitrogens with zero attached hydrogens (tertiary/aromatic N) is 1. The first-order valence-corrected chi connectivity index (χ1v) is 8.30. The fraction of sp³-hybridized carbons (Fsp3) is 0.250. The monoisotopic (exact) mass is 323 g/mol. The van der Waals surface area contributed by atoms with E-state index in [2.05, 4.69) is 0 Å². The Balaban J connectivity index is 2.37. The largest absolute Gasteiger partial charge is 0.396 e. The molecule has 0 saturated carbocycles. The minimum absolute atomic E-state index is 0.0234. The molecular weight excluding hydrogens is 305 g/mol. The molecule has 0 aliphatic carbocycles. The van der Waals surface area contributed by atoms with Crippen molar-refractivity contribution >= 4 is 10.0 Å². The van der Waals surface area contributed by atoms with Crippen LogP contribution in [-0.2, 0) is 10.0 Å². The summed E-state index contributed by atoms with van der Waals surface area (Å²) in [7, 11) is -2.31. The molecular formula is C16H18FNO3S. The highest BCUT2D eigenvalue weighted by Crippen LogP contribution is 2.28. The van der Waals surface area contributed by atoms with Crippen LogP contribution in [0.25, 0.3) is 0 Å². The van der Waals surface area contributed by atoms with Crippen molar-refractivity contribution in [3.63, 3.8) is 0 Å². The van der Waals surface area contributed by atoms with Gasteiger partial charge in [0.05, 0.1) is 10.9 Å². The van der Waals surface area contributed by atoms with Crippen molar-refractivity contribution in [2.24, 2.45) is 0 Å². The topological polar surface area (TPSA) is 57.6 Å². The van der Waals surface area contributed by atoms with Crippen molar-refractivity contribution in [3.8, 4) is 0 Å². The van der Waals surface area contributed by atoms with Gasteiger partial charge in [0, 0.05) is 13.7 Å². The molecule has 6 heteroatoms.